The zero-order valence-corrected chi connectivity index (χ0v) is 15.7. The van der Waals surface area contributed by atoms with Crippen LogP contribution in [0.1, 0.15) is 12.7 Å². The summed E-state index contributed by atoms with van der Waals surface area (Å²) >= 11 is 0. The van der Waals surface area contributed by atoms with Gasteiger partial charge >= 0.3 is 0 Å². The maximum absolute atomic E-state index is 12.5. The quantitative estimate of drug-likeness (QED) is 0.573. The summed E-state index contributed by atoms with van der Waals surface area (Å²) in [5.74, 6) is 1.27. The van der Waals surface area contributed by atoms with Gasteiger partial charge in [0.2, 0.25) is 5.78 Å². The third-order valence-electron chi connectivity index (χ3n) is 4.24. The molecule has 0 radical (unpaired) electrons. The largest absolute Gasteiger partial charge is 0.334 e. The van der Waals surface area contributed by atoms with Crippen LogP contribution < -0.4 is 4.72 Å². The minimum atomic E-state index is -3.73. The van der Waals surface area contributed by atoms with Crippen molar-refractivity contribution in [3.63, 3.8) is 0 Å². The van der Waals surface area contributed by atoms with Gasteiger partial charge in [-0.1, -0.05) is 12.1 Å². The van der Waals surface area contributed by atoms with Gasteiger partial charge in [0.15, 0.2) is 5.03 Å². The number of rotatable bonds is 5. The van der Waals surface area contributed by atoms with Crippen molar-refractivity contribution < 1.29 is 8.42 Å². The summed E-state index contributed by atoms with van der Waals surface area (Å²) in [5, 5.41) is 0.0114. The van der Waals surface area contributed by atoms with Crippen LogP contribution in [-0.4, -0.2) is 32.3 Å². The van der Waals surface area contributed by atoms with E-state index in [9.17, 15) is 8.42 Å². The monoisotopic (exact) mass is 382 g/mol. The van der Waals surface area contributed by atoms with Gasteiger partial charge in [-0.3, -0.25) is 9.12 Å². The predicted octanol–water partition coefficient (Wildman–Crippen LogP) is 2.72. The zero-order valence-electron chi connectivity index (χ0n) is 14.9. The van der Waals surface area contributed by atoms with E-state index < -0.39 is 10.0 Å². The fourth-order valence-electron chi connectivity index (χ4n) is 2.81. The van der Waals surface area contributed by atoms with Gasteiger partial charge in [-0.15, -0.1) is 0 Å². The molecule has 27 heavy (non-hydrogen) atoms. The first-order valence-corrected chi connectivity index (χ1v) is 9.91. The summed E-state index contributed by atoms with van der Waals surface area (Å²) in [6, 6.07) is 8.87. The first-order chi connectivity index (χ1) is 13.0. The summed E-state index contributed by atoms with van der Waals surface area (Å²) in [5.41, 5.74) is 2.10. The highest BCUT2D eigenvalue weighted by atomic mass is 32.2. The van der Waals surface area contributed by atoms with Gasteiger partial charge in [-0.05, 0) is 32.0 Å². The number of hydrogen-bond donors (Lipinski definition) is 1. The van der Waals surface area contributed by atoms with Crippen molar-refractivity contribution in [2.75, 3.05) is 4.72 Å². The number of fused-ring (bicyclic) bond motifs is 1. The van der Waals surface area contributed by atoms with E-state index in [0.717, 1.165) is 11.3 Å². The van der Waals surface area contributed by atoms with Gasteiger partial charge in [-0.2, -0.15) is 8.42 Å². The molecule has 1 aromatic carbocycles. The van der Waals surface area contributed by atoms with Crippen LogP contribution >= 0.6 is 0 Å². The summed E-state index contributed by atoms with van der Waals surface area (Å²) in [6.45, 7) is 4.38. The SMILES string of the molecule is CCn1cc(S(=O)(=O)Nc2ccc(-c3cn4cccnc4n3)cc2)nc1C. The summed E-state index contributed by atoms with van der Waals surface area (Å²) in [4.78, 5) is 12.8. The lowest BCUT2D eigenvalue weighted by Crippen LogP contribution is -2.13. The number of nitrogens with zero attached hydrogens (tertiary/aromatic N) is 5. The van der Waals surface area contributed by atoms with Crippen LogP contribution in [0, 0.1) is 6.92 Å². The van der Waals surface area contributed by atoms with Crippen molar-refractivity contribution in [3.8, 4) is 11.3 Å². The molecule has 0 fully saturated rings. The van der Waals surface area contributed by atoms with Crippen LogP contribution in [-0.2, 0) is 16.6 Å². The van der Waals surface area contributed by atoms with Crippen LogP contribution in [0.15, 0.2) is 60.1 Å². The highest BCUT2D eigenvalue weighted by Crippen LogP contribution is 2.22. The Morgan fingerprint density at radius 3 is 2.56 bits per heavy atom. The number of nitrogens with one attached hydrogen (secondary N) is 1. The second-order valence-corrected chi connectivity index (χ2v) is 7.68. The van der Waals surface area contributed by atoms with Crippen LogP contribution in [0.5, 0.6) is 0 Å². The highest BCUT2D eigenvalue weighted by Gasteiger charge is 2.19. The fourth-order valence-corrected chi connectivity index (χ4v) is 3.88. The predicted molar refractivity (Wildman–Crippen MR) is 102 cm³/mol. The topological polar surface area (TPSA) is 94.2 Å². The molecule has 0 spiro atoms. The number of benzene rings is 1. The van der Waals surface area contributed by atoms with E-state index in [0.29, 0.717) is 23.8 Å². The first kappa shape index (κ1) is 17.2. The van der Waals surface area contributed by atoms with Crippen LogP contribution in [0.2, 0.25) is 0 Å². The smallest absolute Gasteiger partial charge is 0.280 e. The molecule has 0 aliphatic carbocycles. The average molecular weight is 382 g/mol. The molecule has 0 aliphatic heterocycles. The van der Waals surface area contributed by atoms with Gasteiger partial charge in [0, 0.05) is 42.6 Å². The molecule has 1 N–H and O–H groups in total. The Morgan fingerprint density at radius 2 is 1.89 bits per heavy atom. The molecule has 0 unspecified atom stereocenters. The van der Waals surface area contributed by atoms with E-state index in [1.807, 2.05) is 41.9 Å². The van der Waals surface area contributed by atoms with Crippen molar-refractivity contribution in [1.82, 2.24) is 23.9 Å². The number of anilines is 1. The third-order valence-corrected chi connectivity index (χ3v) is 5.49. The van der Waals surface area contributed by atoms with E-state index in [4.69, 9.17) is 0 Å². The van der Waals surface area contributed by atoms with E-state index in [2.05, 4.69) is 19.7 Å². The Hall–Kier alpha value is -3.20. The molecule has 3 aromatic heterocycles. The molecule has 8 nitrogen and oxygen atoms in total. The molecule has 138 valence electrons. The Morgan fingerprint density at radius 1 is 1.11 bits per heavy atom. The molecule has 0 amide bonds. The molecule has 0 atom stereocenters. The lowest BCUT2D eigenvalue weighted by atomic mass is 10.1. The van der Waals surface area contributed by atoms with E-state index in [1.54, 1.807) is 29.8 Å². The average Bonchev–Trinajstić information content (AvgIpc) is 3.25. The van der Waals surface area contributed by atoms with Crippen LogP contribution in [0.25, 0.3) is 17.0 Å². The summed E-state index contributed by atoms with van der Waals surface area (Å²) in [6.07, 6.45) is 6.97. The number of aromatic nitrogens is 5. The molecule has 0 saturated carbocycles. The standard InChI is InChI=1S/C18H18N6O2S/c1-3-23-12-17(20-13(23)2)27(25,26)22-15-7-5-14(6-8-15)16-11-24-10-4-9-19-18(24)21-16/h4-12,22H,3H2,1-2H3. The van der Waals surface area contributed by atoms with E-state index in [-0.39, 0.29) is 5.03 Å². The Labute approximate surface area is 156 Å². The van der Waals surface area contributed by atoms with Gasteiger partial charge in [0.25, 0.3) is 10.0 Å². The second kappa shape index (κ2) is 6.51. The molecule has 0 saturated heterocycles. The lowest BCUT2D eigenvalue weighted by Gasteiger charge is -2.06. The molecule has 0 aliphatic rings. The maximum atomic E-state index is 12.5. The summed E-state index contributed by atoms with van der Waals surface area (Å²) in [7, 11) is -3.73. The number of hydrogen-bond acceptors (Lipinski definition) is 5. The molecule has 0 bridgehead atoms. The molecular formula is C18H18N6O2S. The minimum absolute atomic E-state index is 0.0114. The van der Waals surface area contributed by atoms with Gasteiger partial charge < -0.3 is 4.57 Å². The number of aryl methyl sites for hydroxylation is 2. The maximum Gasteiger partial charge on any atom is 0.280 e. The first-order valence-electron chi connectivity index (χ1n) is 8.43. The Kier molecular flexibility index (Phi) is 4.15. The number of imidazole rings is 2. The van der Waals surface area contributed by atoms with Crippen molar-refractivity contribution in [2.24, 2.45) is 0 Å². The van der Waals surface area contributed by atoms with Crippen molar-refractivity contribution in [2.45, 2.75) is 25.4 Å². The van der Waals surface area contributed by atoms with Gasteiger partial charge in [0.1, 0.15) is 5.82 Å². The van der Waals surface area contributed by atoms with Gasteiger partial charge in [-0.25, -0.2) is 15.0 Å². The van der Waals surface area contributed by atoms with Gasteiger partial charge in [0.05, 0.1) is 5.69 Å². The van der Waals surface area contributed by atoms with Crippen molar-refractivity contribution >= 4 is 21.5 Å². The van der Waals surface area contributed by atoms with Crippen LogP contribution in [0.4, 0.5) is 5.69 Å². The van der Waals surface area contributed by atoms with E-state index >= 15 is 0 Å². The lowest BCUT2D eigenvalue weighted by molar-refractivity contribution is 0.598. The molecule has 4 aromatic rings. The number of sulfonamides is 1. The van der Waals surface area contributed by atoms with E-state index in [1.165, 1.54) is 6.20 Å². The summed E-state index contributed by atoms with van der Waals surface area (Å²) < 4.78 is 31.3. The van der Waals surface area contributed by atoms with Crippen molar-refractivity contribution in [3.05, 3.63) is 60.9 Å². The van der Waals surface area contributed by atoms with Crippen LogP contribution in [0.3, 0.4) is 0 Å². The molecular weight excluding hydrogens is 364 g/mol. The minimum Gasteiger partial charge on any atom is -0.334 e. The second-order valence-electron chi connectivity index (χ2n) is 6.05. The molecule has 9 heteroatoms. The fraction of sp³-hybridized carbons (Fsp3) is 0.167. The Bertz CT molecular complexity index is 1180. The third kappa shape index (κ3) is 3.28. The van der Waals surface area contributed by atoms with Crippen molar-refractivity contribution in [1.29, 1.82) is 0 Å². The highest BCUT2D eigenvalue weighted by molar-refractivity contribution is 7.92. The molecule has 4 rings (SSSR count). The molecule has 3 heterocycles. The normalized spacial score (nSPS) is 11.8. The Balaban J connectivity index is 1.58. The zero-order chi connectivity index (χ0) is 19.0.